The Hall–Kier alpha value is -1.01. The summed E-state index contributed by atoms with van der Waals surface area (Å²) in [4.78, 5) is 15.3. The number of halogens is 2. The molecule has 3 N–H and O–H groups in total. The van der Waals surface area contributed by atoms with Gasteiger partial charge in [-0.3, -0.25) is 9.69 Å². The smallest absolute Gasteiger partial charge is 0.251 e. The second-order valence-electron chi connectivity index (χ2n) is 7.18. The van der Waals surface area contributed by atoms with Crippen LogP contribution in [0.1, 0.15) is 48.5 Å². The lowest BCUT2D eigenvalue weighted by Gasteiger charge is -2.47. The first kappa shape index (κ1) is 23.0. The van der Waals surface area contributed by atoms with Gasteiger partial charge in [-0.15, -0.1) is 24.8 Å². The van der Waals surface area contributed by atoms with Gasteiger partial charge in [0.25, 0.3) is 5.91 Å². The standard InChI is InChI=1S/C19H29N3O2.2ClH/c1-14-5-6-16(20)13-17(14)18(23)21-15(2)19(7-3-4-8-19)22-9-11-24-12-10-22;;/h5-6,13,15H,3-4,7-12,20H2,1-2H3,(H,21,23);2*1H. The molecule has 1 aromatic rings. The number of aryl methyl sites for hydroxylation is 1. The maximum absolute atomic E-state index is 12.8. The van der Waals surface area contributed by atoms with Gasteiger partial charge in [-0.2, -0.15) is 0 Å². The van der Waals surface area contributed by atoms with E-state index in [4.69, 9.17) is 10.5 Å². The maximum atomic E-state index is 12.8. The quantitative estimate of drug-likeness (QED) is 0.757. The number of benzene rings is 1. The van der Waals surface area contributed by atoms with Crippen molar-refractivity contribution in [1.82, 2.24) is 10.2 Å². The van der Waals surface area contributed by atoms with E-state index in [0.717, 1.165) is 44.7 Å². The summed E-state index contributed by atoms with van der Waals surface area (Å²) in [6, 6.07) is 5.61. The average molecular weight is 404 g/mol. The third kappa shape index (κ3) is 4.63. The monoisotopic (exact) mass is 403 g/mol. The van der Waals surface area contributed by atoms with Gasteiger partial charge in [-0.05, 0) is 44.4 Å². The molecule has 7 heteroatoms. The molecule has 1 amide bonds. The number of nitrogen functional groups attached to an aromatic ring is 1. The van der Waals surface area contributed by atoms with Crippen molar-refractivity contribution < 1.29 is 9.53 Å². The Morgan fingerprint density at radius 3 is 2.46 bits per heavy atom. The van der Waals surface area contributed by atoms with Crippen molar-refractivity contribution in [3.8, 4) is 0 Å². The lowest BCUT2D eigenvalue weighted by atomic mass is 9.86. The van der Waals surface area contributed by atoms with Crippen molar-refractivity contribution >= 4 is 36.4 Å². The largest absolute Gasteiger partial charge is 0.399 e. The van der Waals surface area contributed by atoms with Gasteiger partial charge in [0.15, 0.2) is 0 Å². The van der Waals surface area contributed by atoms with Crippen LogP contribution in [0.2, 0.25) is 0 Å². The molecule has 1 heterocycles. The van der Waals surface area contributed by atoms with Gasteiger partial charge < -0.3 is 15.8 Å². The fourth-order valence-electron chi connectivity index (χ4n) is 4.31. The number of carbonyl (C=O) groups excluding carboxylic acids is 1. The molecule has 1 atom stereocenters. The van der Waals surface area contributed by atoms with Gasteiger partial charge in [-0.1, -0.05) is 18.9 Å². The predicted molar refractivity (Wildman–Crippen MR) is 111 cm³/mol. The molecule has 1 aromatic carbocycles. The van der Waals surface area contributed by atoms with Crippen molar-refractivity contribution in [3.05, 3.63) is 29.3 Å². The summed E-state index contributed by atoms with van der Waals surface area (Å²) in [5.74, 6) is -0.0214. The highest BCUT2D eigenvalue weighted by molar-refractivity contribution is 5.96. The third-order valence-electron chi connectivity index (χ3n) is 5.77. The number of hydrogen-bond donors (Lipinski definition) is 2. The Labute approximate surface area is 168 Å². The first-order valence-corrected chi connectivity index (χ1v) is 9.03. The summed E-state index contributed by atoms with van der Waals surface area (Å²) >= 11 is 0. The van der Waals surface area contributed by atoms with E-state index in [1.807, 2.05) is 19.1 Å². The number of nitrogens with two attached hydrogens (primary N) is 1. The molecule has 2 fully saturated rings. The van der Waals surface area contributed by atoms with E-state index in [1.54, 1.807) is 6.07 Å². The highest BCUT2D eigenvalue weighted by Crippen LogP contribution is 2.38. The van der Waals surface area contributed by atoms with Gasteiger partial charge in [0, 0.05) is 35.9 Å². The number of nitrogens with one attached hydrogen (secondary N) is 1. The van der Waals surface area contributed by atoms with E-state index in [9.17, 15) is 4.79 Å². The fourth-order valence-corrected chi connectivity index (χ4v) is 4.31. The second-order valence-corrected chi connectivity index (χ2v) is 7.18. The molecule has 0 radical (unpaired) electrons. The summed E-state index contributed by atoms with van der Waals surface area (Å²) in [6.45, 7) is 7.59. The van der Waals surface area contributed by atoms with E-state index in [0.29, 0.717) is 11.3 Å². The van der Waals surface area contributed by atoms with Gasteiger partial charge in [0.2, 0.25) is 0 Å². The number of ether oxygens (including phenoxy) is 1. The molecule has 26 heavy (non-hydrogen) atoms. The Morgan fingerprint density at radius 2 is 1.85 bits per heavy atom. The van der Waals surface area contributed by atoms with E-state index >= 15 is 0 Å². The highest BCUT2D eigenvalue weighted by Gasteiger charge is 2.45. The maximum Gasteiger partial charge on any atom is 0.251 e. The summed E-state index contributed by atoms with van der Waals surface area (Å²) in [5, 5.41) is 3.27. The van der Waals surface area contributed by atoms with Crippen LogP contribution >= 0.6 is 24.8 Å². The number of amides is 1. The van der Waals surface area contributed by atoms with Crippen LogP contribution in [0.25, 0.3) is 0 Å². The molecular weight excluding hydrogens is 373 g/mol. The molecule has 0 bridgehead atoms. The minimum Gasteiger partial charge on any atom is -0.399 e. The molecule has 1 aliphatic carbocycles. The highest BCUT2D eigenvalue weighted by atomic mass is 35.5. The minimum absolute atomic E-state index is 0. The first-order chi connectivity index (χ1) is 11.5. The summed E-state index contributed by atoms with van der Waals surface area (Å²) < 4.78 is 5.52. The van der Waals surface area contributed by atoms with Crippen LogP contribution < -0.4 is 11.1 Å². The Bertz CT molecular complexity index is 600. The third-order valence-corrected chi connectivity index (χ3v) is 5.77. The van der Waals surface area contributed by atoms with Crippen LogP contribution in [0.3, 0.4) is 0 Å². The lowest BCUT2D eigenvalue weighted by Crippen LogP contribution is -2.62. The molecule has 3 rings (SSSR count). The zero-order valence-corrected chi connectivity index (χ0v) is 17.3. The van der Waals surface area contributed by atoms with E-state index in [1.165, 1.54) is 12.8 Å². The van der Waals surface area contributed by atoms with E-state index < -0.39 is 0 Å². The van der Waals surface area contributed by atoms with Gasteiger partial charge in [-0.25, -0.2) is 0 Å². The van der Waals surface area contributed by atoms with Crippen LogP contribution in [-0.2, 0) is 4.74 Å². The lowest BCUT2D eigenvalue weighted by molar-refractivity contribution is -0.0323. The van der Waals surface area contributed by atoms with Crippen molar-refractivity contribution in [2.24, 2.45) is 0 Å². The van der Waals surface area contributed by atoms with Gasteiger partial charge >= 0.3 is 0 Å². The molecular formula is C19H31Cl2N3O2. The SMILES string of the molecule is Cc1ccc(N)cc1C(=O)NC(C)C1(N2CCOCC2)CCCC1.Cl.Cl. The first-order valence-electron chi connectivity index (χ1n) is 9.03. The summed E-state index contributed by atoms with van der Waals surface area (Å²) in [7, 11) is 0. The molecule has 1 saturated carbocycles. The van der Waals surface area contributed by atoms with Crippen molar-refractivity contribution in [2.75, 3.05) is 32.0 Å². The van der Waals surface area contributed by atoms with Crippen molar-refractivity contribution in [3.63, 3.8) is 0 Å². The minimum atomic E-state index is -0.0214. The Kier molecular flexibility index (Phi) is 8.67. The summed E-state index contributed by atoms with van der Waals surface area (Å²) in [5.41, 5.74) is 8.19. The molecule has 0 spiro atoms. The average Bonchev–Trinajstić information content (AvgIpc) is 3.09. The zero-order chi connectivity index (χ0) is 17.2. The molecule has 148 valence electrons. The molecule has 1 saturated heterocycles. The fraction of sp³-hybridized carbons (Fsp3) is 0.632. The number of nitrogens with zero attached hydrogens (tertiary/aromatic N) is 1. The zero-order valence-electron chi connectivity index (χ0n) is 15.6. The normalized spacial score (nSPS) is 20.5. The molecule has 0 aromatic heterocycles. The number of rotatable bonds is 4. The number of carbonyl (C=O) groups is 1. The number of morpholine rings is 1. The topological polar surface area (TPSA) is 67.6 Å². The van der Waals surface area contributed by atoms with Crippen molar-refractivity contribution in [1.29, 1.82) is 0 Å². The van der Waals surface area contributed by atoms with Crippen molar-refractivity contribution in [2.45, 2.75) is 51.1 Å². The van der Waals surface area contributed by atoms with Gasteiger partial charge in [0.05, 0.1) is 13.2 Å². The van der Waals surface area contributed by atoms with E-state index in [2.05, 4.69) is 17.1 Å². The Balaban J connectivity index is 0.00000169. The van der Waals surface area contributed by atoms with Crippen LogP contribution in [0.4, 0.5) is 5.69 Å². The van der Waals surface area contributed by atoms with Crippen LogP contribution in [0, 0.1) is 6.92 Å². The Morgan fingerprint density at radius 1 is 1.23 bits per heavy atom. The van der Waals surface area contributed by atoms with Crippen LogP contribution in [0.5, 0.6) is 0 Å². The number of hydrogen-bond acceptors (Lipinski definition) is 4. The molecule has 2 aliphatic rings. The van der Waals surface area contributed by atoms with Crippen LogP contribution in [0.15, 0.2) is 18.2 Å². The summed E-state index contributed by atoms with van der Waals surface area (Å²) in [6.07, 6.45) is 4.75. The van der Waals surface area contributed by atoms with E-state index in [-0.39, 0.29) is 42.3 Å². The molecule has 5 nitrogen and oxygen atoms in total. The molecule has 1 unspecified atom stereocenters. The van der Waals surface area contributed by atoms with Crippen LogP contribution in [-0.4, -0.2) is 48.7 Å². The predicted octanol–water partition coefficient (Wildman–Crippen LogP) is 3.18. The second kappa shape index (κ2) is 9.79. The molecule has 1 aliphatic heterocycles. The van der Waals surface area contributed by atoms with Gasteiger partial charge in [0.1, 0.15) is 0 Å². The number of anilines is 1.